The second-order valence-electron chi connectivity index (χ2n) is 5.19. The number of hydrogen-bond donors (Lipinski definition) is 0. The third-order valence-corrected chi connectivity index (χ3v) is 5.40. The lowest BCUT2D eigenvalue weighted by atomic mass is 10.0. The van der Waals surface area contributed by atoms with Crippen molar-refractivity contribution in [2.45, 2.75) is 43.1 Å². The van der Waals surface area contributed by atoms with Gasteiger partial charge in [-0.2, -0.15) is 0 Å². The minimum absolute atomic E-state index is 0.347. The molecule has 2 atom stereocenters. The Labute approximate surface area is 115 Å². The van der Waals surface area contributed by atoms with Gasteiger partial charge in [0.15, 0.2) is 5.82 Å². The summed E-state index contributed by atoms with van der Waals surface area (Å²) in [5.41, 5.74) is 1.07. The normalized spacial score (nSPS) is 31.2. The number of hydrogen-bond acceptors (Lipinski definition) is 4. The lowest BCUT2D eigenvalue weighted by Gasteiger charge is -2.38. The predicted octanol–water partition coefficient (Wildman–Crippen LogP) is 3.43. The summed E-state index contributed by atoms with van der Waals surface area (Å²) in [4.78, 5) is 11.4. The number of nitrogens with zero attached hydrogens (tertiary/aromatic N) is 3. The fraction of sp³-hybridized carbons (Fsp3) is 0.538. The molecule has 0 saturated carbocycles. The van der Waals surface area contributed by atoms with Gasteiger partial charge in [-0.1, -0.05) is 0 Å². The summed E-state index contributed by atoms with van der Waals surface area (Å²) in [6.45, 7) is 0. The molecule has 4 heterocycles. The van der Waals surface area contributed by atoms with Gasteiger partial charge in [-0.25, -0.2) is 9.97 Å². The van der Waals surface area contributed by atoms with E-state index in [-0.39, 0.29) is 0 Å². The molecule has 0 radical (unpaired) electrons. The summed E-state index contributed by atoms with van der Waals surface area (Å²) in [5, 5.41) is 2.44. The molecule has 5 heteroatoms. The average Bonchev–Trinajstić information content (AvgIpc) is 2.92. The van der Waals surface area contributed by atoms with Crippen molar-refractivity contribution in [1.82, 2.24) is 9.97 Å². The number of alkyl halides is 1. The molecule has 2 unspecified atom stereocenters. The van der Waals surface area contributed by atoms with Crippen molar-refractivity contribution in [3.63, 3.8) is 0 Å². The van der Waals surface area contributed by atoms with Crippen LogP contribution in [0.1, 0.15) is 25.7 Å². The maximum atomic E-state index is 6.34. The highest BCUT2D eigenvalue weighted by Crippen LogP contribution is 2.42. The Morgan fingerprint density at radius 1 is 1.22 bits per heavy atom. The summed E-state index contributed by atoms with van der Waals surface area (Å²) >= 11 is 8.08. The first-order valence-electron chi connectivity index (χ1n) is 6.43. The maximum absolute atomic E-state index is 6.34. The fourth-order valence-electron chi connectivity index (χ4n) is 3.42. The Morgan fingerprint density at radius 2 is 2.00 bits per heavy atom. The summed E-state index contributed by atoms with van der Waals surface area (Å²) in [5.74, 6) is 1.13. The number of piperidine rings is 1. The summed E-state index contributed by atoms with van der Waals surface area (Å²) < 4.78 is 1.22. The lowest BCUT2D eigenvalue weighted by Crippen LogP contribution is -2.43. The van der Waals surface area contributed by atoms with Crippen molar-refractivity contribution in [2.24, 2.45) is 0 Å². The van der Waals surface area contributed by atoms with Gasteiger partial charge in [-0.3, -0.25) is 0 Å². The molecule has 2 aliphatic heterocycles. The molecule has 0 aromatic carbocycles. The molecule has 18 heavy (non-hydrogen) atoms. The van der Waals surface area contributed by atoms with E-state index >= 15 is 0 Å². The van der Waals surface area contributed by atoms with Crippen molar-refractivity contribution >= 4 is 39.0 Å². The molecular formula is C13H14ClN3S. The van der Waals surface area contributed by atoms with Crippen LogP contribution in [0.3, 0.4) is 0 Å². The number of halogens is 1. The number of fused-ring (bicyclic) bond motifs is 3. The Balaban J connectivity index is 1.81. The Hall–Kier alpha value is -0.870. The van der Waals surface area contributed by atoms with E-state index in [9.17, 15) is 0 Å². The van der Waals surface area contributed by atoms with Gasteiger partial charge in [0.2, 0.25) is 0 Å². The van der Waals surface area contributed by atoms with Crippen molar-refractivity contribution in [2.75, 3.05) is 4.90 Å². The molecule has 0 amide bonds. The molecule has 2 fully saturated rings. The first-order valence-corrected chi connectivity index (χ1v) is 7.75. The standard InChI is InChI=1S/C13H14ClN3S/c14-8-5-9-1-2-10(6-8)17(9)13-12-11(3-4-18-12)15-7-16-13/h3-4,7-10H,1-2,5-6H2. The fourth-order valence-corrected chi connectivity index (χ4v) is 4.67. The van der Waals surface area contributed by atoms with E-state index in [1.54, 1.807) is 17.7 Å². The second kappa shape index (κ2) is 4.07. The van der Waals surface area contributed by atoms with Crippen LogP contribution in [0.5, 0.6) is 0 Å². The molecule has 2 aliphatic rings. The van der Waals surface area contributed by atoms with Crippen LogP contribution in [-0.4, -0.2) is 27.4 Å². The van der Waals surface area contributed by atoms with Crippen molar-refractivity contribution < 1.29 is 0 Å². The van der Waals surface area contributed by atoms with E-state index < -0.39 is 0 Å². The van der Waals surface area contributed by atoms with Crippen LogP contribution in [-0.2, 0) is 0 Å². The molecule has 0 spiro atoms. The van der Waals surface area contributed by atoms with Gasteiger partial charge in [0.05, 0.1) is 10.2 Å². The van der Waals surface area contributed by atoms with E-state index in [4.69, 9.17) is 11.6 Å². The van der Waals surface area contributed by atoms with Crippen molar-refractivity contribution in [3.8, 4) is 0 Å². The van der Waals surface area contributed by atoms with Gasteiger partial charge in [-0.15, -0.1) is 22.9 Å². The number of thiophene rings is 1. The smallest absolute Gasteiger partial charge is 0.150 e. The summed E-state index contributed by atoms with van der Waals surface area (Å²) in [6.07, 6.45) is 6.38. The quantitative estimate of drug-likeness (QED) is 0.749. The zero-order chi connectivity index (χ0) is 12.1. The second-order valence-corrected chi connectivity index (χ2v) is 6.73. The lowest BCUT2D eigenvalue weighted by molar-refractivity contribution is 0.472. The van der Waals surface area contributed by atoms with E-state index in [0.29, 0.717) is 17.5 Å². The van der Waals surface area contributed by atoms with Crippen LogP contribution in [0, 0.1) is 0 Å². The van der Waals surface area contributed by atoms with E-state index in [0.717, 1.165) is 24.2 Å². The van der Waals surface area contributed by atoms with Gasteiger partial charge >= 0.3 is 0 Å². The van der Waals surface area contributed by atoms with Crippen molar-refractivity contribution in [1.29, 1.82) is 0 Å². The zero-order valence-electron chi connectivity index (χ0n) is 9.92. The first kappa shape index (κ1) is 11.0. The van der Waals surface area contributed by atoms with Crippen LogP contribution < -0.4 is 4.90 Å². The van der Waals surface area contributed by atoms with Gasteiger partial charge in [0.1, 0.15) is 6.33 Å². The molecule has 4 rings (SSSR count). The number of rotatable bonds is 1. The van der Waals surface area contributed by atoms with Crippen LogP contribution in [0.4, 0.5) is 5.82 Å². The average molecular weight is 280 g/mol. The Bertz CT molecular complexity index is 570. The van der Waals surface area contributed by atoms with Gasteiger partial charge in [0, 0.05) is 17.5 Å². The minimum Gasteiger partial charge on any atom is -0.349 e. The maximum Gasteiger partial charge on any atom is 0.150 e. The molecule has 2 aromatic rings. The van der Waals surface area contributed by atoms with Gasteiger partial charge in [0.25, 0.3) is 0 Å². The summed E-state index contributed by atoms with van der Waals surface area (Å²) in [6, 6.07) is 3.22. The predicted molar refractivity (Wildman–Crippen MR) is 75.6 cm³/mol. The molecule has 2 aromatic heterocycles. The van der Waals surface area contributed by atoms with Crippen LogP contribution in [0.2, 0.25) is 0 Å². The highest BCUT2D eigenvalue weighted by atomic mass is 35.5. The number of anilines is 1. The van der Waals surface area contributed by atoms with E-state index in [2.05, 4.69) is 26.3 Å². The minimum atomic E-state index is 0.347. The SMILES string of the molecule is ClC1CC2CCC(C1)N2c1ncnc2ccsc12. The largest absolute Gasteiger partial charge is 0.349 e. The van der Waals surface area contributed by atoms with Gasteiger partial charge < -0.3 is 4.90 Å². The van der Waals surface area contributed by atoms with Gasteiger partial charge in [-0.05, 0) is 37.1 Å². The van der Waals surface area contributed by atoms with Crippen molar-refractivity contribution in [3.05, 3.63) is 17.8 Å². The topological polar surface area (TPSA) is 29.0 Å². The highest BCUT2D eigenvalue weighted by Gasteiger charge is 2.41. The third kappa shape index (κ3) is 1.55. The first-order chi connectivity index (χ1) is 8.83. The highest BCUT2D eigenvalue weighted by molar-refractivity contribution is 7.17. The van der Waals surface area contributed by atoms with Crippen LogP contribution in [0.25, 0.3) is 10.2 Å². The zero-order valence-corrected chi connectivity index (χ0v) is 11.5. The van der Waals surface area contributed by atoms with Crippen LogP contribution in [0.15, 0.2) is 17.8 Å². The molecule has 2 bridgehead atoms. The third-order valence-electron chi connectivity index (χ3n) is 4.14. The Kier molecular flexibility index (Phi) is 2.49. The van der Waals surface area contributed by atoms with Crippen LogP contribution >= 0.6 is 22.9 Å². The monoisotopic (exact) mass is 279 g/mol. The molecule has 94 valence electrons. The molecule has 0 N–H and O–H groups in total. The molecule has 3 nitrogen and oxygen atoms in total. The molecule has 0 aliphatic carbocycles. The Morgan fingerprint density at radius 3 is 2.78 bits per heavy atom. The molecular weight excluding hydrogens is 266 g/mol. The van der Waals surface area contributed by atoms with E-state index in [1.165, 1.54) is 17.5 Å². The van der Waals surface area contributed by atoms with E-state index in [1.807, 2.05) is 0 Å². The summed E-state index contributed by atoms with van der Waals surface area (Å²) in [7, 11) is 0. The number of aromatic nitrogens is 2. The molecule has 2 saturated heterocycles.